The molecule has 1 aromatic rings. The van der Waals surface area contributed by atoms with Gasteiger partial charge in [-0.15, -0.1) is 0 Å². The molecule has 5 heteroatoms. The second-order valence-corrected chi connectivity index (χ2v) is 5.08. The summed E-state index contributed by atoms with van der Waals surface area (Å²) in [7, 11) is 0. The van der Waals surface area contributed by atoms with Crippen molar-refractivity contribution in [2.45, 2.75) is 26.8 Å². The van der Waals surface area contributed by atoms with E-state index in [-0.39, 0.29) is 0 Å². The quantitative estimate of drug-likeness (QED) is 0.774. The molecule has 106 valence electrons. The van der Waals surface area contributed by atoms with Crippen LogP contribution in [0.25, 0.3) is 0 Å². The molecule has 0 unspecified atom stereocenters. The van der Waals surface area contributed by atoms with Crippen molar-refractivity contribution in [2.75, 3.05) is 39.4 Å². The number of rotatable bonds is 6. The van der Waals surface area contributed by atoms with E-state index in [1.165, 1.54) is 12.0 Å². The largest absolute Gasteiger partial charge is 0.379 e. The van der Waals surface area contributed by atoms with Crippen LogP contribution in [0, 0.1) is 13.8 Å². The number of ether oxygens (including phenoxy) is 1. The molecule has 0 aliphatic carbocycles. The second kappa shape index (κ2) is 7.53. The summed E-state index contributed by atoms with van der Waals surface area (Å²) in [6.45, 7) is 11.0. The first-order valence-electron chi connectivity index (χ1n) is 7.06. The van der Waals surface area contributed by atoms with Crippen molar-refractivity contribution in [3.63, 3.8) is 0 Å². The van der Waals surface area contributed by atoms with E-state index in [0.29, 0.717) is 0 Å². The predicted molar refractivity (Wildman–Crippen MR) is 75.1 cm³/mol. The smallest absolute Gasteiger partial charge is 0.0645 e. The summed E-state index contributed by atoms with van der Waals surface area (Å²) in [5.41, 5.74) is 3.25. The Hall–Kier alpha value is -1.04. The van der Waals surface area contributed by atoms with Crippen LogP contribution in [0.2, 0.25) is 0 Å². The number of hydrogen-bond donors (Lipinski definition) is 1. The van der Waals surface area contributed by atoms with Crippen molar-refractivity contribution in [2.24, 2.45) is 0 Å². The zero-order valence-electron chi connectivity index (χ0n) is 12.0. The van der Waals surface area contributed by atoms with Gasteiger partial charge in [-0.3, -0.25) is 4.90 Å². The van der Waals surface area contributed by atoms with Crippen LogP contribution in [0.4, 0.5) is 0 Å². The molecule has 0 saturated carbocycles. The van der Waals surface area contributed by atoms with E-state index in [4.69, 9.17) is 4.74 Å². The summed E-state index contributed by atoms with van der Waals surface area (Å²) in [5.74, 6) is 0. The van der Waals surface area contributed by atoms with E-state index >= 15 is 0 Å². The molecule has 0 atom stereocenters. The van der Waals surface area contributed by atoms with Gasteiger partial charge in [0.25, 0.3) is 0 Å². The maximum atomic E-state index is 5.34. The minimum atomic E-state index is 0.880. The van der Waals surface area contributed by atoms with E-state index in [0.717, 1.165) is 57.3 Å². The molecule has 1 N–H and O–H groups in total. The van der Waals surface area contributed by atoms with Gasteiger partial charge < -0.3 is 10.1 Å². The van der Waals surface area contributed by atoms with Gasteiger partial charge in [0.15, 0.2) is 0 Å². The first kappa shape index (κ1) is 14.4. The highest BCUT2D eigenvalue weighted by atomic mass is 16.5. The molecule has 2 heterocycles. The second-order valence-electron chi connectivity index (χ2n) is 5.08. The Kier molecular flexibility index (Phi) is 5.69. The zero-order valence-corrected chi connectivity index (χ0v) is 12.0. The average molecular weight is 264 g/mol. The normalized spacial score (nSPS) is 16.7. The Morgan fingerprint density at radius 2 is 2.05 bits per heavy atom. The lowest BCUT2D eigenvalue weighted by Crippen LogP contribution is -2.37. The summed E-state index contributed by atoms with van der Waals surface area (Å²) in [5, 5.41) is 11.7. The standard InChI is InChI=1S/C14H24N4O/c1-12-10-14(13(2)17-16-12)11-15-4-3-5-18-6-8-19-9-7-18/h10,15H,3-9,11H2,1-2H3. The molecule has 0 spiro atoms. The Morgan fingerprint density at radius 1 is 1.26 bits per heavy atom. The summed E-state index contributed by atoms with van der Waals surface area (Å²) in [4.78, 5) is 2.47. The molecule has 1 aliphatic rings. The molecule has 2 rings (SSSR count). The van der Waals surface area contributed by atoms with Crippen molar-refractivity contribution in [1.82, 2.24) is 20.4 Å². The minimum Gasteiger partial charge on any atom is -0.379 e. The number of aromatic nitrogens is 2. The van der Waals surface area contributed by atoms with Crippen LogP contribution in [0.5, 0.6) is 0 Å². The van der Waals surface area contributed by atoms with E-state index in [1.807, 2.05) is 13.8 Å². The Balaban J connectivity index is 1.62. The third-order valence-corrected chi connectivity index (χ3v) is 3.45. The van der Waals surface area contributed by atoms with Crippen molar-refractivity contribution in [3.05, 3.63) is 23.0 Å². The fraction of sp³-hybridized carbons (Fsp3) is 0.714. The zero-order chi connectivity index (χ0) is 13.5. The van der Waals surface area contributed by atoms with Crippen LogP contribution in [0.15, 0.2) is 6.07 Å². The lowest BCUT2D eigenvalue weighted by atomic mass is 10.2. The maximum absolute atomic E-state index is 5.34. The van der Waals surface area contributed by atoms with Gasteiger partial charge in [0.2, 0.25) is 0 Å². The lowest BCUT2D eigenvalue weighted by Gasteiger charge is -2.26. The Bertz CT molecular complexity index is 391. The van der Waals surface area contributed by atoms with Gasteiger partial charge in [0.05, 0.1) is 24.6 Å². The number of nitrogens with one attached hydrogen (secondary N) is 1. The molecular weight excluding hydrogens is 240 g/mol. The highest BCUT2D eigenvalue weighted by molar-refractivity contribution is 5.19. The molecule has 0 radical (unpaired) electrons. The fourth-order valence-corrected chi connectivity index (χ4v) is 2.26. The van der Waals surface area contributed by atoms with Crippen LogP contribution in [-0.4, -0.2) is 54.5 Å². The molecule has 1 aliphatic heterocycles. The Labute approximate surface area is 115 Å². The van der Waals surface area contributed by atoms with Crippen molar-refractivity contribution >= 4 is 0 Å². The molecule has 0 amide bonds. The fourth-order valence-electron chi connectivity index (χ4n) is 2.26. The summed E-state index contributed by atoms with van der Waals surface area (Å²) < 4.78 is 5.34. The van der Waals surface area contributed by atoms with Crippen LogP contribution in [-0.2, 0) is 11.3 Å². The SMILES string of the molecule is Cc1cc(CNCCCN2CCOCC2)c(C)nn1. The third-order valence-electron chi connectivity index (χ3n) is 3.45. The van der Waals surface area contributed by atoms with E-state index in [9.17, 15) is 0 Å². The number of morpholine rings is 1. The molecule has 1 aromatic heterocycles. The van der Waals surface area contributed by atoms with Gasteiger partial charge in [-0.2, -0.15) is 10.2 Å². The predicted octanol–water partition coefficient (Wildman–Crippen LogP) is 0.905. The molecule has 1 saturated heterocycles. The monoisotopic (exact) mass is 264 g/mol. The van der Waals surface area contributed by atoms with Gasteiger partial charge in [0.1, 0.15) is 0 Å². The van der Waals surface area contributed by atoms with E-state index < -0.39 is 0 Å². The van der Waals surface area contributed by atoms with E-state index in [1.54, 1.807) is 0 Å². The van der Waals surface area contributed by atoms with Crippen LogP contribution < -0.4 is 5.32 Å². The first-order chi connectivity index (χ1) is 9.25. The first-order valence-corrected chi connectivity index (χ1v) is 7.06. The number of hydrogen-bond acceptors (Lipinski definition) is 5. The van der Waals surface area contributed by atoms with Crippen molar-refractivity contribution in [3.8, 4) is 0 Å². The summed E-state index contributed by atoms with van der Waals surface area (Å²) in [6, 6.07) is 2.11. The average Bonchev–Trinajstić information content (AvgIpc) is 2.43. The maximum Gasteiger partial charge on any atom is 0.0645 e. The summed E-state index contributed by atoms with van der Waals surface area (Å²) >= 11 is 0. The molecule has 1 fully saturated rings. The van der Waals surface area contributed by atoms with Crippen LogP contribution >= 0.6 is 0 Å². The summed E-state index contributed by atoms with van der Waals surface area (Å²) in [6.07, 6.45) is 1.18. The number of aryl methyl sites for hydroxylation is 2. The molecule has 0 aromatic carbocycles. The molecular formula is C14H24N4O. The van der Waals surface area contributed by atoms with Gasteiger partial charge in [-0.1, -0.05) is 0 Å². The van der Waals surface area contributed by atoms with Crippen LogP contribution in [0.3, 0.4) is 0 Å². The molecule has 5 nitrogen and oxygen atoms in total. The third kappa shape index (κ3) is 4.86. The van der Waals surface area contributed by atoms with E-state index in [2.05, 4.69) is 26.5 Å². The van der Waals surface area contributed by atoms with Crippen LogP contribution in [0.1, 0.15) is 23.4 Å². The van der Waals surface area contributed by atoms with Crippen molar-refractivity contribution in [1.29, 1.82) is 0 Å². The lowest BCUT2D eigenvalue weighted by molar-refractivity contribution is 0.0374. The molecule has 0 bridgehead atoms. The Morgan fingerprint density at radius 3 is 2.84 bits per heavy atom. The highest BCUT2D eigenvalue weighted by Gasteiger charge is 2.09. The number of nitrogens with zero attached hydrogens (tertiary/aromatic N) is 3. The minimum absolute atomic E-state index is 0.880. The molecule has 19 heavy (non-hydrogen) atoms. The van der Waals surface area contributed by atoms with Gasteiger partial charge in [-0.05, 0) is 45.0 Å². The highest BCUT2D eigenvalue weighted by Crippen LogP contribution is 2.04. The van der Waals surface area contributed by atoms with Gasteiger partial charge in [-0.25, -0.2) is 0 Å². The van der Waals surface area contributed by atoms with Gasteiger partial charge in [0, 0.05) is 19.6 Å². The topological polar surface area (TPSA) is 50.3 Å². The van der Waals surface area contributed by atoms with Gasteiger partial charge >= 0.3 is 0 Å². The van der Waals surface area contributed by atoms with Crippen molar-refractivity contribution < 1.29 is 4.74 Å².